The lowest BCUT2D eigenvalue weighted by Crippen LogP contribution is -2.15. The maximum absolute atomic E-state index is 13.3. The topological polar surface area (TPSA) is 54.0 Å². The molecule has 6 heteroatoms. The van der Waals surface area contributed by atoms with Gasteiger partial charge in [0.25, 0.3) is 0 Å². The van der Waals surface area contributed by atoms with E-state index in [4.69, 9.17) is 0 Å². The summed E-state index contributed by atoms with van der Waals surface area (Å²) in [5, 5.41) is 7.96. The third-order valence-electron chi connectivity index (χ3n) is 2.26. The van der Waals surface area contributed by atoms with Gasteiger partial charge in [-0.1, -0.05) is 12.1 Å². The van der Waals surface area contributed by atoms with Crippen molar-refractivity contribution in [3.05, 3.63) is 41.2 Å². The number of rotatable bonds is 4. The zero-order valence-electron chi connectivity index (χ0n) is 9.74. The molecule has 1 amide bonds. The lowest BCUT2D eigenvalue weighted by molar-refractivity contribution is -0.115. The zero-order valence-corrected chi connectivity index (χ0v) is 10.6. The molecule has 4 nitrogen and oxygen atoms in total. The highest BCUT2D eigenvalue weighted by Crippen LogP contribution is 2.16. The molecule has 1 heterocycles. The van der Waals surface area contributed by atoms with Crippen LogP contribution in [0.4, 0.5) is 15.2 Å². The van der Waals surface area contributed by atoms with Gasteiger partial charge < -0.3 is 10.6 Å². The van der Waals surface area contributed by atoms with Gasteiger partial charge in [0.05, 0.1) is 17.8 Å². The van der Waals surface area contributed by atoms with Crippen molar-refractivity contribution in [1.29, 1.82) is 0 Å². The van der Waals surface area contributed by atoms with Crippen molar-refractivity contribution in [2.24, 2.45) is 0 Å². The van der Waals surface area contributed by atoms with Crippen LogP contribution in [0.3, 0.4) is 0 Å². The molecule has 18 heavy (non-hydrogen) atoms. The Morgan fingerprint density at radius 3 is 2.89 bits per heavy atom. The van der Waals surface area contributed by atoms with Gasteiger partial charge in [-0.15, -0.1) is 11.3 Å². The van der Waals surface area contributed by atoms with Gasteiger partial charge in [0.2, 0.25) is 5.91 Å². The van der Waals surface area contributed by atoms with Gasteiger partial charge in [0.15, 0.2) is 5.13 Å². The molecule has 0 unspecified atom stereocenters. The lowest BCUT2D eigenvalue weighted by Gasteiger charge is -2.04. The second-order valence-electron chi connectivity index (χ2n) is 3.60. The van der Waals surface area contributed by atoms with Crippen LogP contribution in [0.5, 0.6) is 0 Å². The Bertz CT molecular complexity index is 556. The first-order valence-corrected chi connectivity index (χ1v) is 6.23. The molecule has 0 radical (unpaired) electrons. The van der Waals surface area contributed by atoms with Crippen LogP contribution in [-0.2, 0) is 11.2 Å². The average molecular weight is 265 g/mol. The largest absolute Gasteiger partial charge is 0.365 e. The Labute approximate surface area is 108 Å². The van der Waals surface area contributed by atoms with Crippen molar-refractivity contribution < 1.29 is 9.18 Å². The van der Waals surface area contributed by atoms with Crippen molar-refractivity contribution in [2.75, 3.05) is 17.7 Å². The monoisotopic (exact) mass is 265 g/mol. The minimum absolute atomic E-state index is 0.131. The molecule has 1 aromatic heterocycles. The molecule has 94 valence electrons. The van der Waals surface area contributed by atoms with E-state index in [0.717, 1.165) is 5.13 Å². The molecule has 2 N–H and O–H groups in total. The van der Waals surface area contributed by atoms with Crippen LogP contribution in [0.15, 0.2) is 29.6 Å². The molecule has 1 aromatic carbocycles. The molecule has 0 bridgehead atoms. The molecule has 0 fully saturated rings. The van der Waals surface area contributed by atoms with E-state index in [1.54, 1.807) is 24.6 Å². The Balaban J connectivity index is 1.99. The van der Waals surface area contributed by atoms with Crippen LogP contribution in [-0.4, -0.2) is 17.9 Å². The number of hydrogen-bond donors (Lipinski definition) is 2. The van der Waals surface area contributed by atoms with Gasteiger partial charge in [-0.3, -0.25) is 4.79 Å². The number of aromatic nitrogens is 1. The van der Waals surface area contributed by atoms with E-state index >= 15 is 0 Å². The highest BCUT2D eigenvalue weighted by atomic mass is 32.1. The fraction of sp³-hybridized carbons (Fsp3) is 0.167. The number of nitrogens with zero attached hydrogens (tertiary/aromatic N) is 1. The Morgan fingerprint density at radius 1 is 1.44 bits per heavy atom. The summed E-state index contributed by atoms with van der Waals surface area (Å²) >= 11 is 1.42. The van der Waals surface area contributed by atoms with E-state index in [1.165, 1.54) is 23.5 Å². The summed E-state index contributed by atoms with van der Waals surface area (Å²) in [5.74, 6) is -0.729. The summed E-state index contributed by atoms with van der Waals surface area (Å²) < 4.78 is 13.3. The molecular formula is C12H12FN3OS. The summed E-state index contributed by atoms with van der Waals surface area (Å²) in [6, 6.07) is 6.07. The van der Waals surface area contributed by atoms with Gasteiger partial charge in [0, 0.05) is 12.4 Å². The number of thiazole rings is 1. The highest BCUT2D eigenvalue weighted by molar-refractivity contribution is 7.13. The SMILES string of the molecule is CNc1nc(CC(=O)Nc2ccccc2F)cs1. The molecule has 0 aliphatic rings. The summed E-state index contributed by atoms with van der Waals surface area (Å²) in [6.45, 7) is 0. The number of carbonyl (C=O) groups is 1. The normalized spacial score (nSPS) is 10.1. The third-order valence-corrected chi connectivity index (χ3v) is 3.16. The van der Waals surface area contributed by atoms with Crippen molar-refractivity contribution in [3.63, 3.8) is 0 Å². The number of amides is 1. The standard InChI is InChI=1S/C12H12FN3OS/c1-14-12-15-8(7-18-12)6-11(17)16-10-5-3-2-4-9(10)13/h2-5,7H,6H2,1H3,(H,14,15)(H,16,17). The smallest absolute Gasteiger partial charge is 0.230 e. The molecule has 0 saturated carbocycles. The predicted octanol–water partition coefficient (Wildman–Crippen LogP) is 2.51. The third kappa shape index (κ3) is 3.04. The number of anilines is 2. The second-order valence-corrected chi connectivity index (χ2v) is 4.46. The average Bonchev–Trinajstić information content (AvgIpc) is 2.80. The van der Waals surface area contributed by atoms with Gasteiger partial charge >= 0.3 is 0 Å². The Morgan fingerprint density at radius 2 is 2.22 bits per heavy atom. The summed E-state index contributed by atoms with van der Waals surface area (Å²) in [7, 11) is 1.77. The van der Waals surface area contributed by atoms with Crippen LogP contribution >= 0.6 is 11.3 Å². The van der Waals surface area contributed by atoms with Crippen LogP contribution in [0.1, 0.15) is 5.69 Å². The molecule has 2 rings (SSSR count). The molecular weight excluding hydrogens is 253 g/mol. The van der Waals surface area contributed by atoms with Crippen LogP contribution in [0, 0.1) is 5.82 Å². The van der Waals surface area contributed by atoms with Gasteiger partial charge in [-0.25, -0.2) is 9.37 Å². The van der Waals surface area contributed by atoms with Crippen LogP contribution in [0.25, 0.3) is 0 Å². The number of benzene rings is 1. The van der Waals surface area contributed by atoms with E-state index < -0.39 is 5.82 Å². The molecule has 0 aliphatic heterocycles. The van der Waals surface area contributed by atoms with Gasteiger partial charge in [0.1, 0.15) is 5.82 Å². The van der Waals surface area contributed by atoms with Gasteiger partial charge in [-0.05, 0) is 12.1 Å². The van der Waals surface area contributed by atoms with Crippen LogP contribution in [0.2, 0.25) is 0 Å². The second kappa shape index (κ2) is 5.59. The zero-order chi connectivity index (χ0) is 13.0. The van der Waals surface area contributed by atoms with E-state index in [2.05, 4.69) is 15.6 Å². The molecule has 0 aliphatic carbocycles. The first-order chi connectivity index (χ1) is 8.69. The van der Waals surface area contributed by atoms with Gasteiger partial charge in [-0.2, -0.15) is 0 Å². The number of hydrogen-bond acceptors (Lipinski definition) is 4. The maximum Gasteiger partial charge on any atom is 0.230 e. The van der Waals surface area contributed by atoms with Crippen molar-refractivity contribution >= 4 is 28.1 Å². The predicted molar refractivity (Wildman–Crippen MR) is 70.4 cm³/mol. The molecule has 0 saturated heterocycles. The van der Waals surface area contributed by atoms with Crippen molar-refractivity contribution in [2.45, 2.75) is 6.42 Å². The first kappa shape index (κ1) is 12.5. The lowest BCUT2D eigenvalue weighted by atomic mass is 10.2. The van der Waals surface area contributed by atoms with E-state index in [1.807, 2.05) is 0 Å². The number of para-hydroxylation sites is 1. The number of nitrogens with one attached hydrogen (secondary N) is 2. The Kier molecular flexibility index (Phi) is 3.88. The fourth-order valence-corrected chi connectivity index (χ4v) is 2.10. The van der Waals surface area contributed by atoms with Crippen molar-refractivity contribution in [3.8, 4) is 0 Å². The van der Waals surface area contributed by atoms with Crippen LogP contribution < -0.4 is 10.6 Å². The first-order valence-electron chi connectivity index (χ1n) is 5.35. The van der Waals surface area contributed by atoms with E-state index in [9.17, 15) is 9.18 Å². The van der Waals surface area contributed by atoms with E-state index in [0.29, 0.717) is 5.69 Å². The maximum atomic E-state index is 13.3. The Hall–Kier alpha value is -1.95. The number of halogens is 1. The molecule has 0 spiro atoms. The highest BCUT2D eigenvalue weighted by Gasteiger charge is 2.09. The number of carbonyl (C=O) groups excluding carboxylic acids is 1. The van der Waals surface area contributed by atoms with Crippen molar-refractivity contribution in [1.82, 2.24) is 4.98 Å². The fourth-order valence-electron chi connectivity index (χ4n) is 1.42. The minimum atomic E-state index is -0.444. The quantitative estimate of drug-likeness (QED) is 0.893. The molecule has 0 atom stereocenters. The summed E-state index contributed by atoms with van der Waals surface area (Å²) in [4.78, 5) is 15.9. The summed E-state index contributed by atoms with van der Waals surface area (Å²) in [5.41, 5.74) is 0.852. The minimum Gasteiger partial charge on any atom is -0.365 e. The molecule has 2 aromatic rings. The summed E-state index contributed by atoms with van der Waals surface area (Å²) in [6.07, 6.45) is 0.131. The van der Waals surface area contributed by atoms with E-state index in [-0.39, 0.29) is 18.0 Å².